The molecule has 5 nitrogen and oxygen atoms in total. The van der Waals surface area contributed by atoms with Crippen LogP contribution in [-0.4, -0.2) is 25.2 Å². The average Bonchev–Trinajstić information content (AvgIpc) is 2.93. The van der Waals surface area contributed by atoms with Crippen LogP contribution < -0.4 is 19.5 Å². The van der Waals surface area contributed by atoms with Gasteiger partial charge in [0.25, 0.3) is 5.91 Å². The fourth-order valence-corrected chi connectivity index (χ4v) is 2.86. The van der Waals surface area contributed by atoms with Crippen LogP contribution >= 0.6 is 0 Å². The Balaban J connectivity index is 1.70. The van der Waals surface area contributed by atoms with Crippen LogP contribution in [0.1, 0.15) is 25.0 Å². The normalized spacial score (nSPS) is 15.2. The van der Waals surface area contributed by atoms with E-state index in [1.807, 2.05) is 57.2 Å². The first-order chi connectivity index (χ1) is 12.1. The van der Waals surface area contributed by atoms with E-state index >= 15 is 0 Å². The van der Waals surface area contributed by atoms with Gasteiger partial charge in [-0.3, -0.25) is 4.79 Å². The van der Waals surface area contributed by atoms with Crippen LogP contribution in [0.15, 0.2) is 36.4 Å². The monoisotopic (exact) mass is 341 g/mol. The van der Waals surface area contributed by atoms with Gasteiger partial charge < -0.3 is 19.5 Å². The van der Waals surface area contributed by atoms with Gasteiger partial charge in [0.05, 0.1) is 12.3 Å². The highest BCUT2D eigenvalue weighted by Crippen LogP contribution is 2.38. The molecule has 0 aromatic heterocycles. The molecule has 1 heterocycles. The number of para-hydroxylation sites is 1. The molecule has 5 heteroatoms. The van der Waals surface area contributed by atoms with Crippen molar-refractivity contribution >= 4 is 11.6 Å². The molecule has 132 valence electrons. The summed E-state index contributed by atoms with van der Waals surface area (Å²) < 4.78 is 17.0. The van der Waals surface area contributed by atoms with Crippen LogP contribution in [-0.2, 0) is 11.2 Å². The lowest BCUT2D eigenvalue weighted by Gasteiger charge is -2.14. The summed E-state index contributed by atoms with van der Waals surface area (Å²) >= 11 is 0. The number of aryl methyl sites for hydroxylation is 1. The molecular weight excluding hydrogens is 318 g/mol. The van der Waals surface area contributed by atoms with Crippen molar-refractivity contribution in [3.8, 4) is 17.2 Å². The van der Waals surface area contributed by atoms with Crippen molar-refractivity contribution in [3.05, 3.63) is 47.5 Å². The summed E-state index contributed by atoms with van der Waals surface area (Å²) in [6.07, 6.45) is 0.986. The van der Waals surface area contributed by atoms with Gasteiger partial charge in [-0.2, -0.15) is 0 Å². The lowest BCUT2D eigenvalue weighted by Crippen LogP contribution is -2.21. The average molecular weight is 341 g/mol. The summed E-state index contributed by atoms with van der Waals surface area (Å²) in [5, 5.41) is 2.86. The summed E-state index contributed by atoms with van der Waals surface area (Å²) in [5.74, 6) is 1.92. The zero-order valence-electron chi connectivity index (χ0n) is 14.8. The van der Waals surface area contributed by atoms with Crippen LogP contribution in [0.5, 0.6) is 17.2 Å². The van der Waals surface area contributed by atoms with Gasteiger partial charge in [0.2, 0.25) is 0 Å². The quantitative estimate of drug-likeness (QED) is 0.870. The second-order valence-corrected chi connectivity index (χ2v) is 6.12. The van der Waals surface area contributed by atoms with Crippen LogP contribution in [0.2, 0.25) is 0 Å². The largest absolute Gasteiger partial charge is 0.492 e. The Hall–Kier alpha value is -2.69. The molecular formula is C20H23NO4. The molecule has 1 aliphatic heterocycles. The maximum Gasteiger partial charge on any atom is 0.262 e. The first-order valence-electron chi connectivity index (χ1n) is 8.51. The van der Waals surface area contributed by atoms with E-state index in [4.69, 9.17) is 14.2 Å². The molecule has 0 spiro atoms. The van der Waals surface area contributed by atoms with Gasteiger partial charge in [-0.1, -0.05) is 18.2 Å². The van der Waals surface area contributed by atoms with Crippen LogP contribution in [0.4, 0.5) is 5.69 Å². The van der Waals surface area contributed by atoms with Gasteiger partial charge in [0.15, 0.2) is 6.61 Å². The Bertz CT molecular complexity index is 772. The van der Waals surface area contributed by atoms with E-state index in [9.17, 15) is 4.79 Å². The Morgan fingerprint density at radius 3 is 2.80 bits per heavy atom. The topological polar surface area (TPSA) is 56.8 Å². The highest BCUT2D eigenvalue weighted by Gasteiger charge is 2.22. The summed E-state index contributed by atoms with van der Waals surface area (Å²) in [6, 6.07) is 11.4. The molecule has 0 radical (unpaired) electrons. The van der Waals surface area contributed by atoms with Crippen molar-refractivity contribution in [3.63, 3.8) is 0 Å². The van der Waals surface area contributed by atoms with Gasteiger partial charge in [0, 0.05) is 18.1 Å². The molecule has 0 fully saturated rings. The maximum absolute atomic E-state index is 12.3. The first kappa shape index (κ1) is 17.1. The number of nitrogens with one attached hydrogen (secondary N) is 1. The molecule has 25 heavy (non-hydrogen) atoms. The highest BCUT2D eigenvalue weighted by molar-refractivity contribution is 5.93. The van der Waals surface area contributed by atoms with Crippen molar-refractivity contribution in [2.24, 2.45) is 0 Å². The van der Waals surface area contributed by atoms with Gasteiger partial charge in [-0.05, 0) is 38.5 Å². The number of amides is 1. The third kappa shape index (κ3) is 4.05. The molecule has 1 aliphatic rings. The van der Waals surface area contributed by atoms with Gasteiger partial charge >= 0.3 is 0 Å². The molecule has 2 aromatic carbocycles. The second kappa shape index (κ2) is 7.47. The molecule has 1 N–H and O–H groups in total. The molecule has 0 unspecified atom stereocenters. The number of hydrogen-bond donors (Lipinski definition) is 1. The van der Waals surface area contributed by atoms with Gasteiger partial charge in [0.1, 0.15) is 23.4 Å². The number of anilines is 1. The van der Waals surface area contributed by atoms with E-state index in [-0.39, 0.29) is 18.6 Å². The fourth-order valence-electron chi connectivity index (χ4n) is 2.86. The van der Waals surface area contributed by atoms with E-state index in [0.29, 0.717) is 23.8 Å². The van der Waals surface area contributed by atoms with Crippen molar-refractivity contribution < 1.29 is 19.0 Å². The Morgan fingerprint density at radius 1 is 1.24 bits per heavy atom. The number of benzene rings is 2. The Morgan fingerprint density at radius 2 is 2.04 bits per heavy atom. The van der Waals surface area contributed by atoms with E-state index in [1.165, 1.54) is 0 Å². The number of carbonyl (C=O) groups excluding carboxylic acids is 1. The SMILES string of the molecule is CCOc1cc2c(cc1NC(=O)COc1ccccc1C)O[C@H](C)C2. The predicted octanol–water partition coefficient (Wildman–Crippen LogP) is 3.73. The molecule has 0 bridgehead atoms. The van der Waals surface area contributed by atoms with Crippen LogP contribution in [0.3, 0.4) is 0 Å². The van der Waals surface area contributed by atoms with Crippen LogP contribution in [0.25, 0.3) is 0 Å². The van der Waals surface area contributed by atoms with Crippen molar-refractivity contribution in [2.45, 2.75) is 33.3 Å². The number of hydrogen-bond acceptors (Lipinski definition) is 4. The van der Waals surface area contributed by atoms with Crippen molar-refractivity contribution in [1.82, 2.24) is 0 Å². The minimum atomic E-state index is -0.241. The number of carbonyl (C=O) groups is 1. The molecule has 1 atom stereocenters. The minimum Gasteiger partial charge on any atom is -0.492 e. The first-order valence-corrected chi connectivity index (χ1v) is 8.51. The zero-order valence-corrected chi connectivity index (χ0v) is 14.8. The van der Waals surface area contributed by atoms with E-state index in [0.717, 1.165) is 23.3 Å². The second-order valence-electron chi connectivity index (χ2n) is 6.12. The summed E-state index contributed by atoms with van der Waals surface area (Å²) in [7, 11) is 0. The maximum atomic E-state index is 12.3. The summed E-state index contributed by atoms with van der Waals surface area (Å²) in [5.41, 5.74) is 2.70. The van der Waals surface area contributed by atoms with Gasteiger partial charge in [-0.15, -0.1) is 0 Å². The molecule has 2 aromatic rings. The van der Waals surface area contributed by atoms with Crippen molar-refractivity contribution in [2.75, 3.05) is 18.5 Å². The number of rotatable bonds is 6. The molecule has 1 amide bonds. The molecule has 0 saturated heterocycles. The Labute approximate surface area is 147 Å². The lowest BCUT2D eigenvalue weighted by atomic mass is 10.1. The zero-order chi connectivity index (χ0) is 17.8. The van der Waals surface area contributed by atoms with E-state index < -0.39 is 0 Å². The van der Waals surface area contributed by atoms with E-state index in [1.54, 1.807) is 0 Å². The van der Waals surface area contributed by atoms with E-state index in [2.05, 4.69) is 5.32 Å². The third-order valence-corrected chi connectivity index (χ3v) is 4.02. The lowest BCUT2D eigenvalue weighted by molar-refractivity contribution is -0.118. The minimum absolute atomic E-state index is 0.0647. The van der Waals surface area contributed by atoms with Crippen molar-refractivity contribution in [1.29, 1.82) is 0 Å². The molecule has 0 aliphatic carbocycles. The molecule has 3 rings (SSSR count). The highest BCUT2D eigenvalue weighted by atomic mass is 16.5. The van der Waals surface area contributed by atoms with Crippen LogP contribution in [0, 0.1) is 6.92 Å². The van der Waals surface area contributed by atoms with Gasteiger partial charge in [-0.25, -0.2) is 0 Å². The smallest absolute Gasteiger partial charge is 0.262 e. The number of fused-ring (bicyclic) bond motifs is 1. The molecule has 0 saturated carbocycles. The fraction of sp³-hybridized carbons (Fsp3) is 0.350. The predicted molar refractivity (Wildman–Crippen MR) is 96.7 cm³/mol. The summed E-state index contributed by atoms with van der Waals surface area (Å²) in [4.78, 5) is 12.3. The standard InChI is InChI=1S/C20H23NO4/c1-4-23-19-10-15-9-14(3)25-18(15)11-16(19)21-20(22)12-24-17-8-6-5-7-13(17)2/h5-8,10-11,14H,4,9,12H2,1-3H3,(H,21,22)/t14-/m1/s1. The Kier molecular flexibility index (Phi) is 5.12. The third-order valence-electron chi connectivity index (χ3n) is 4.02. The summed E-state index contributed by atoms with van der Waals surface area (Å²) in [6.45, 7) is 6.34. The number of ether oxygens (including phenoxy) is 3.